The van der Waals surface area contributed by atoms with Gasteiger partial charge in [0.2, 0.25) is 11.8 Å². The van der Waals surface area contributed by atoms with Crippen LogP contribution in [0.15, 0.2) is 16.7 Å². The number of nitrogen functional groups attached to an aromatic ring is 1. The van der Waals surface area contributed by atoms with E-state index in [1.807, 2.05) is 13.8 Å². The molecule has 1 amide bonds. The number of anilines is 1. The molecule has 2 rings (SSSR count). The minimum Gasteiger partial charge on any atom is -0.444 e. The molecule has 0 saturated heterocycles. The van der Waals surface area contributed by atoms with Gasteiger partial charge in [0, 0.05) is 6.20 Å². The molecule has 7 heteroatoms. The smallest absolute Gasteiger partial charge is 0.242 e. The standard InChI is InChI=1S/C11H15N5O2/c1-7-8(2)18-11(14-7)5-13-10(17)6-16-4-3-9(12)15-16/h3-4H,5-6H2,1-2H3,(H2,12,15)(H,13,17). The van der Waals surface area contributed by atoms with Crippen LogP contribution < -0.4 is 11.1 Å². The number of hydrogen-bond acceptors (Lipinski definition) is 5. The SMILES string of the molecule is Cc1nc(CNC(=O)Cn2ccc(N)n2)oc1C. The zero-order valence-electron chi connectivity index (χ0n) is 10.3. The number of carbonyl (C=O) groups is 1. The summed E-state index contributed by atoms with van der Waals surface area (Å²) in [4.78, 5) is 15.8. The van der Waals surface area contributed by atoms with Crippen molar-refractivity contribution in [1.29, 1.82) is 0 Å². The molecule has 3 N–H and O–H groups in total. The first kappa shape index (κ1) is 12.2. The van der Waals surface area contributed by atoms with Gasteiger partial charge in [0.15, 0.2) is 0 Å². The van der Waals surface area contributed by atoms with E-state index in [1.54, 1.807) is 12.3 Å². The van der Waals surface area contributed by atoms with Gasteiger partial charge in [0.1, 0.15) is 18.1 Å². The van der Waals surface area contributed by atoms with Crippen molar-refractivity contribution < 1.29 is 9.21 Å². The Morgan fingerprint density at radius 2 is 2.33 bits per heavy atom. The van der Waals surface area contributed by atoms with Crippen LogP contribution in [-0.4, -0.2) is 20.7 Å². The molecule has 0 radical (unpaired) electrons. The van der Waals surface area contributed by atoms with Gasteiger partial charge in [-0.25, -0.2) is 4.98 Å². The molecule has 18 heavy (non-hydrogen) atoms. The predicted octanol–water partition coefficient (Wildman–Crippen LogP) is 0.387. The highest BCUT2D eigenvalue weighted by Crippen LogP contribution is 2.07. The lowest BCUT2D eigenvalue weighted by molar-refractivity contribution is -0.122. The molecule has 0 aliphatic carbocycles. The number of nitrogens with one attached hydrogen (secondary N) is 1. The van der Waals surface area contributed by atoms with Crippen molar-refractivity contribution in [2.75, 3.05) is 5.73 Å². The minimum atomic E-state index is -0.174. The number of nitrogens with two attached hydrogens (primary N) is 1. The van der Waals surface area contributed by atoms with Crippen molar-refractivity contribution >= 4 is 11.7 Å². The van der Waals surface area contributed by atoms with Crippen molar-refractivity contribution in [3.63, 3.8) is 0 Å². The summed E-state index contributed by atoms with van der Waals surface area (Å²) in [7, 11) is 0. The molecule has 0 atom stereocenters. The molecule has 2 aromatic rings. The highest BCUT2D eigenvalue weighted by atomic mass is 16.4. The minimum absolute atomic E-state index is 0.121. The first-order chi connectivity index (χ1) is 8.54. The quantitative estimate of drug-likeness (QED) is 0.816. The van der Waals surface area contributed by atoms with E-state index in [1.165, 1.54) is 4.68 Å². The first-order valence-electron chi connectivity index (χ1n) is 5.53. The number of rotatable bonds is 4. The molecule has 0 fully saturated rings. The molecule has 7 nitrogen and oxygen atoms in total. The van der Waals surface area contributed by atoms with E-state index in [-0.39, 0.29) is 19.0 Å². The molecular weight excluding hydrogens is 234 g/mol. The van der Waals surface area contributed by atoms with E-state index in [4.69, 9.17) is 10.2 Å². The van der Waals surface area contributed by atoms with E-state index >= 15 is 0 Å². The second kappa shape index (κ2) is 4.91. The van der Waals surface area contributed by atoms with Crippen LogP contribution >= 0.6 is 0 Å². The lowest BCUT2D eigenvalue weighted by Gasteiger charge is -2.02. The van der Waals surface area contributed by atoms with Crippen LogP contribution in [0, 0.1) is 13.8 Å². The van der Waals surface area contributed by atoms with Crippen LogP contribution in [0.4, 0.5) is 5.82 Å². The fourth-order valence-electron chi connectivity index (χ4n) is 1.46. The topological polar surface area (TPSA) is 99.0 Å². The summed E-state index contributed by atoms with van der Waals surface area (Å²) in [5, 5.41) is 6.62. The maximum Gasteiger partial charge on any atom is 0.242 e. The Morgan fingerprint density at radius 3 is 2.89 bits per heavy atom. The van der Waals surface area contributed by atoms with Gasteiger partial charge in [0.25, 0.3) is 0 Å². The molecule has 0 aliphatic heterocycles. The van der Waals surface area contributed by atoms with E-state index in [0.29, 0.717) is 11.7 Å². The largest absolute Gasteiger partial charge is 0.444 e. The average Bonchev–Trinajstić information content (AvgIpc) is 2.84. The summed E-state index contributed by atoms with van der Waals surface area (Å²) in [6, 6.07) is 1.63. The fraction of sp³-hybridized carbons (Fsp3) is 0.364. The number of hydrogen-bond donors (Lipinski definition) is 2. The number of amides is 1. The molecule has 2 heterocycles. The summed E-state index contributed by atoms with van der Waals surface area (Å²) in [5.41, 5.74) is 6.28. The number of carbonyl (C=O) groups excluding carboxylic acids is 1. The van der Waals surface area contributed by atoms with E-state index in [2.05, 4.69) is 15.4 Å². The molecule has 0 bridgehead atoms. The van der Waals surface area contributed by atoms with Gasteiger partial charge >= 0.3 is 0 Å². The Bertz CT molecular complexity index is 538. The Hall–Kier alpha value is -2.31. The van der Waals surface area contributed by atoms with E-state index < -0.39 is 0 Å². The summed E-state index contributed by atoms with van der Waals surface area (Å²) in [6.45, 7) is 4.08. The van der Waals surface area contributed by atoms with E-state index in [9.17, 15) is 4.79 Å². The van der Waals surface area contributed by atoms with Gasteiger partial charge in [-0.1, -0.05) is 0 Å². The molecule has 0 saturated carbocycles. The van der Waals surface area contributed by atoms with Crippen LogP contribution in [0.2, 0.25) is 0 Å². The van der Waals surface area contributed by atoms with Crippen LogP contribution in [0.5, 0.6) is 0 Å². The molecular formula is C11H15N5O2. The number of nitrogens with zero attached hydrogens (tertiary/aromatic N) is 3. The van der Waals surface area contributed by atoms with E-state index in [0.717, 1.165) is 11.5 Å². The average molecular weight is 249 g/mol. The van der Waals surface area contributed by atoms with Crippen molar-refractivity contribution in [1.82, 2.24) is 20.1 Å². The van der Waals surface area contributed by atoms with Crippen LogP contribution in [0.1, 0.15) is 17.3 Å². The Balaban J connectivity index is 1.85. The van der Waals surface area contributed by atoms with Gasteiger partial charge < -0.3 is 15.5 Å². The van der Waals surface area contributed by atoms with Gasteiger partial charge in [-0.2, -0.15) is 5.10 Å². The normalized spacial score (nSPS) is 10.6. The highest BCUT2D eigenvalue weighted by molar-refractivity contribution is 5.75. The first-order valence-corrected chi connectivity index (χ1v) is 5.53. The Kier molecular flexibility index (Phi) is 3.31. The molecule has 0 unspecified atom stereocenters. The number of oxazole rings is 1. The van der Waals surface area contributed by atoms with Crippen LogP contribution in [-0.2, 0) is 17.9 Å². The second-order valence-corrected chi connectivity index (χ2v) is 3.96. The van der Waals surface area contributed by atoms with Gasteiger partial charge in [-0.15, -0.1) is 0 Å². The summed E-state index contributed by atoms with van der Waals surface area (Å²) in [6.07, 6.45) is 1.65. The zero-order chi connectivity index (χ0) is 13.1. The van der Waals surface area contributed by atoms with Crippen LogP contribution in [0.3, 0.4) is 0 Å². The third-order valence-electron chi connectivity index (χ3n) is 2.48. The summed E-state index contributed by atoms with van der Waals surface area (Å²) < 4.78 is 6.82. The molecule has 0 aromatic carbocycles. The maximum absolute atomic E-state index is 11.6. The summed E-state index contributed by atoms with van der Waals surface area (Å²) >= 11 is 0. The Labute approximate surface area is 104 Å². The predicted molar refractivity (Wildman–Crippen MR) is 64.5 cm³/mol. The lowest BCUT2D eigenvalue weighted by atomic mass is 10.4. The second-order valence-electron chi connectivity index (χ2n) is 3.96. The molecule has 96 valence electrons. The highest BCUT2D eigenvalue weighted by Gasteiger charge is 2.08. The molecule has 0 spiro atoms. The van der Waals surface area contributed by atoms with Crippen molar-refractivity contribution in [2.45, 2.75) is 26.9 Å². The third-order valence-corrected chi connectivity index (χ3v) is 2.48. The van der Waals surface area contributed by atoms with Gasteiger partial charge in [-0.05, 0) is 19.9 Å². The number of aryl methyl sites for hydroxylation is 2. The van der Waals surface area contributed by atoms with Crippen molar-refractivity contribution in [3.8, 4) is 0 Å². The fourth-order valence-corrected chi connectivity index (χ4v) is 1.46. The summed E-state index contributed by atoms with van der Waals surface area (Å²) in [5.74, 6) is 1.48. The Morgan fingerprint density at radius 1 is 1.56 bits per heavy atom. The van der Waals surface area contributed by atoms with Crippen LogP contribution in [0.25, 0.3) is 0 Å². The zero-order valence-corrected chi connectivity index (χ0v) is 10.3. The lowest BCUT2D eigenvalue weighted by Crippen LogP contribution is -2.27. The molecule has 0 aliphatic rings. The van der Waals surface area contributed by atoms with Crippen molar-refractivity contribution in [3.05, 3.63) is 29.6 Å². The monoisotopic (exact) mass is 249 g/mol. The molecule has 2 aromatic heterocycles. The number of aromatic nitrogens is 3. The van der Waals surface area contributed by atoms with Crippen molar-refractivity contribution in [2.24, 2.45) is 0 Å². The third kappa shape index (κ3) is 2.88. The maximum atomic E-state index is 11.6. The van der Waals surface area contributed by atoms with Gasteiger partial charge in [-0.3, -0.25) is 9.48 Å². The van der Waals surface area contributed by atoms with Gasteiger partial charge in [0.05, 0.1) is 12.2 Å².